The van der Waals surface area contributed by atoms with E-state index < -0.39 is 10.0 Å². The molecular weight excluding hydrogens is 492 g/mol. The SMILES string of the molecule is CCCCSc1nnc(-c2cn(S(=O)(=O)c3ccccc3)c3ccccc23)n1-c1cccc(OC)c1. The van der Waals surface area contributed by atoms with Crippen molar-refractivity contribution >= 4 is 32.7 Å². The van der Waals surface area contributed by atoms with Crippen LogP contribution in [0.25, 0.3) is 28.0 Å². The summed E-state index contributed by atoms with van der Waals surface area (Å²) in [4.78, 5) is 0.224. The summed E-state index contributed by atoms with van der Waals surface area (Å²) < 4.78 is 36.0. The van der Waals surface area contributed by atoms with Gasteiger partial charge in [-0.2, -0.15) is 0 Å². The maximum Gasteiger partial charge on any atom is 0.268 e. The Morgan fingerprint density at radius 2 is 1.72 bits per heavy atom. The Balaban J connectivity index is 1.73. The molecule has 3 aromatic carbocycles. The molecule has 0 unspecified atom stereocenters. The number of thioether (sulfide) groups is 1. The third-order valence-corrected chi connectivity index (χ3v) is 8.60. The second-order valence-corrected chi connectivity index (χ2v) is 11.1. The van der Waals surface area contributed by atoms with Crippen LogP contribution in [-0.2, 0) is 10.0 Å². The number of fused-ring (bicyclic) bond motifs is 1. The van der Waals surface area contributed by atoms with Crippen LogP contribution in [0, 0.1) is 0 Å². The van der Waals surface area contributed by atoms with Gasteiger partial charge in [0, 0.05) is 29.0 Å². The smallest absolute Gasteiger partial charge is 0.268 e. The predicted molar refractivity (Wildman–Crippen MR) is 144 cm³/mol. The van der Waals surface area contributed by atoms with E-state index in [1.165, 1.54) is 3.97 Å². The molecule has 0 aliphatic heterocycles. The van der Waals surface area contributed by atoms with Gasteiger partial charge in [0.25, 0.3) is 10.0 Å². The number of ether oxygens (including phenoxy) is 1. The van der Waals surface area contributed by atoms with Crippen molar-refractivity contribution in [1.29, 1.82) is 0 Å². The Labute approximate surface area is 214 Å². The number of methoxy groups -OCH3 is 1. The number of benzene rings is 3. The van der Waals surface area contributed by atoms with Crippen molar-refractivity contribution in [3.63, 3.8) is 0 Å². The number of hydrogen-bond donors (Lipinski definition) is 0. The third kappa shape index (κ3) is 4.40. The van der Waals surface area contributed by atoms with Gasteiger partial charge in [-0.15, -0.1) is 10.2 Å². The molecule has 0 aliphatic rings. The molecule has 9 heteroatoms. The number of rotatable bonds is 9. The maximum atomic E-state index is 13.6. The minimum absolute atomic E-state index is 0.224. The summed E-state index contributed by atoms with van der Waals surface area (Å²) >= 11 is 1.63. The summed E-state index contributed by atoms with van der Waals surface area (Å²) in [6, 6.07) is 23.6. The molecule has 36 heavy (non-hydrogen) atoms. The largest absolute Gasteiger partial charge is 0.497 e. The first-order valence-electron chi connectivity index (χ1n) is 11.7. The molecule has 5 rings (SSSR count). The lowest BCUT2D eigenvalue weighted by molar-refractivity contribution is 0.414. The molecule has 5 aromatic rings. The molecule has 184 valence electrons. The highest BCUT2D eigenvalue weighted by Gasteiger charge is 2.25. The minimum Gasteiger partial charge on any atom is -0.497 e. The van der Waals surface area contributed by atoms with E-state index in [1.807, 2.05) is 53.1 Å². The highest BCUT2D eigenvalue weighted by atomic mass is 32.2. The Morgan fingerprint density at radius 3 is 2.50 bits per heavy atom. The Morgan fingerprint density at radius 1 is 0.944 bits per heavy atom. The maximum absolute atomic E-state index is 13.6. The Bertz CT molecular complexity index is 1610. The van der Waals surface area contributed by atoms with Crippen molar-refractivity contribution in [2.24, 2.45) is 0 Å². The van der Waals surface area contributed by atoms with Gasteiger partial charge in [-0.25, -0.2) is 12.4 Å². The lowest BCUT2D eigenvalue weighted by Crippen LogP contribution is -2.11. The summed E-state index contributed by atoms with van der Waals surface area (Å²) in [5.41, 5.74) is 2.11. The first-order valence-corrected chi connectivity index (χ1v) is 14.1. The van der Waals surface area contributed by atoms with E-state index >= 15 is 0 Å². The van der Waals surface area contributed by atoms with Gasteiger partial charge < -0.3 is 4.74 Å². The van der Waals surface area contributed by atoms with Crippen LogP contribution in [0.4, 0.5) is 0 Å². The third-order valence-electron chi connectivity index (χ3n) is 5.89. The average molecular weight is 519 g/mol. The zero-order valence-electron chi connectivity index (χ0n) is 20.0. The van der Waals surface area contributed by atoms with Gasteiger partial charge in [0.05, 0.1) is 23.2 Å². The highest BCUT2D eigenvalue weighted by molar-refractivity contribution is 7.99. The standard InChI is InChI=1S/C27H26N4O3S2/c1-3-4-17-35-27-29-28-26(31(27)20-11-10-12-21(18-20)34-2)24-19-30(25-16-9-8-15-23(24)25)36(32,33)22-13-6-5-7-14-22/h5-16,18-19H,3-4,17H2,1-2H3. The minimum atomic E-state index is -3.82. The van der Waals surface area contributed by atoms with Crippen molar-refractivity contribution in [1.82, 2.24) is 18.7 Å². The van der Waals surface area contributed by atoms with Gasteiger partial charge in [-0.3, -0.25) is 4.57 Å². The quantitative estimate of drug-likeness (QED) is 0.175. The van der Waals surface area contributed by atoms with Crippen LogP contribution in [0.3, 0.4) is 0 Å². The molecule has 7 nitrogen and oxygen atoms in total. The summed E-state index contributed by atoms with van der Waals surface area (Å²) in [6.45, 7) is 2.15. The highest BCUT2D eigenvalue weighted by Crippen LogP contribution is 2.36. The molecular formula is C27H26N4O3S2. The molecule has 0 aliphatic carbocycles. The fourth-order valence-corrected chi connectivity index (χ4v) is 6.49. The van der Waals surface area contributed by atoms with Gasteiger partial charge >= 0.3 is 0 Å². The number of nitrogens with zero attached hydrogens (tertiary/aromatic N) is 4. The fourth-order valence-electron chi connectivity index (χ4n) is 4.06. The molecule has 0 N–H and O–H groups in total. The van der Waals surface area contributed by atoms with Gasteiger partial charge in [-0.05, 0) is 36.8 Å². The summed E-state index contributed by atoms with van der Waals surface area (Å²) in [6.07, 6.45) is 3.78. The van der Waals surface area contributed by atoms with Crippen LogP contribution in [0.5, 0.6) is 5.75 Å². The Kier molecular flexibility index (Phi) is 6.84. The molecule has 0 saturated heterocycles. The molecule has 0 fully saturated rings. The first-order chi connectivity index (χ1) is 17.5. The van der Waals surface area contributed by atoms with E-state index in [9.17, 15) is 8.42 Å². The molecule has 2 aromatic heterocycles. The van der Waals surface area contributed by atoms with Crippen molar-refractivity contribution in [2.75, 3.05) is 12.9 Å². The summed E-state index contributed by atoms with van der Waals surface area (Å²) in [5, 5.41) is 10.6. The van der Waals surface area contributed by atoms with E-state index in [-0.39, 0.29) is 4.90 Å². The van der Waals surface area contributed by atoms with Crippen LogP contribution in [0.2, 0.25) is 0 Å². The van der Waals surface area contributed by atoms with Crippen molar-refractivity contribution < 1.29 is 13.2 Å². The van der Waals surface area contributed by atoms with E-state index in [4.69, 9.17) is 4.74 Å². The lowest BCUT2D eigenvalue weighted by Gasteiger charge is -2.11. The fraction of sp³-hybridized carbons (Fsp3) is 0.185. The van der Waals surface area contributed by atoms with Crippen LogP contribution in [0.1, 0.15) is 19.8 Å². The normalized spacial score (nSPS) is 11.7. The van der Waals surface area contributed by atoms with Crippen molar-refractivity contribution in [3.8, 4) is 22.8 Å². The van der Waals surface area contributed by atoms with Crippen molar-refractivity contribution in [3.05, 3.63) is 85.1 Å². The second-order valence-electron chi connectivity index (χ2n) is 8.22. The van der Waals surface area contributed by atoms with Crippen LogP contribution in [-0.4, -0.2) is 40.0 Å². The topological polar surface area (TPSA) is 79.0 Å². The van der Waals surface area contributed by atoms with Crippen LogP contribution in [0.15, 0.2) is 95.1 Å². The van der Waals surface area contributed by atoms with Crippen molar-refractivity contribution in [2.45, 2.75) is 29.8 Å². The van der Waals surface area contributed by atoms with E-state index in [2.05, 4.69) is 17.1 Å². The van der Waals surface area contributed by atoms with Crippen LogP contribution >= 0.6 is 11.8 Å². The zero-order valence-corrected chi connectivity index (χ0v) is 21.7. The van der Waals surface area contributed by atoms with Gasteiger partial charge in [0.15, 0.2) is 11.0 Å². The number of aromatic nitrogens is 4. The van der Waals surface area contributed by atoms with E-state index in [1.54, 1.807) is 55.4 Å². The monoisotopic (exact) mass is 518 g/mol. The number of hydrogen-bond acceptors (Lipinski definition) is 6. The first kappa shape index (κ1) is 24.1. The number of unbranched alkanes of at least 4 members (excludes halogenated alkanes) is 1. The van der Waals surface area contributed by atoms with E-state index in [0.717, 1.165) is 34.8 Å². The summed E-state index contributed by atoms with van der Waals surface area (Å²) in [5.74, 6) is 2.19. The van der Waals surface area contributed by atoms with Crippen LogP contribution < -0.4 is 4.74 Å². The molecule has 0 atom stereocenters. The predicted octanol–water partition coefficient (Wildman–Crippen LogP) is 6.03. The summed E-state index contributed by atoms with van der Waals surface area (Å²) in [7, 11) is -2.19. The molecule has 0 spiro atoms. The van der Waals surface area contributed by atoms with Gasteiger partial charge in [0.2, 0.25) is 0 Å². The van der Waals surface area contributed by atoms with Gasteiger partial charge in [0.1, 0.15) is 5.75 Å². The zero-order chi connectivity index (χ0) is 25.1. The average Bonchev–Trinajstić information content (AvgIpc) is 3.51. The molecule has 0 amide bonds. The van der Waals surface area contributed by atoms with Gasteiger partial charge in [-0.1, -0.05) is 67.6 Å². The molecule has 0 radical (unpaired) electrons. The van der Waals surface area contributed by atoms with E-state index in [0.29, 0.717) is 22.7 Å². The second kappa shape index (κ2) is 10.2. The molecule has 0 bridgehead atoms. The number of para-hydroxylation sites is 1. The Hall–Kier alpha value is -3.56. The molecule has 0 saturated carbocycles. The lowest BCUT2D eigenvalue weighted by atomic mass is 10.1. The molecule has 2 heterocycles.